The van der Waals surface area contributed by atoms with Crippen LogP contribution in [0.1, 0.15) is 36.7 Å². The molecule has 1 atom stereocenters. The summed E-state index contributed by atoms with van der Waals surface area (Å²) in [4.78, 5) is 16.1. The Bertz CT molecular complexity index is 448. The fourth-order valence-corrected chi connectivity index (χ4v) is 2.21. The van der Waals surface area contributed by atoms with Gasteiger partial charge in [0.1, 0.15) is 11.5 Å². The zero-order valence-corrected chi connectivity index (χ0v) is 11.0. The van der Waals surface area contributed by atoms with E-state index >= 15 is 0 Å². The second kappa shape index (κ2) is 5.54. The van der Waals surface area contributed by atoms with Crippen molar-refractivity contribution in [3.8, 4) is 0 Å². The van der Waals surface area contributed by atoms with E-state index in [1.165, 1.54) is 19.3 Å². The molecule has 1 saturated carbocycles. The lowest BCUT2D eigenvalue weighted by Gasteiger charge is -2.31. The van der Waals surface area contributed by atoms with Crippen molar-refractivity contribution in [1.82, 2.24) is 10.3 Å². The van der Waals surface area contributed by atoms with Crippen LogP contribution in [0.3, 0.4) is 0 Å². The third kappa shape index (κ3) is 2.73. The third-order valence-corrected chi connectivity index (χ3v) is 3.73. The number of amides is 1. The van der Waals surface area contributed by atoms with Gasteiger partial charge in [-0.1, -0.05) is 18.0 Å². The predicted molar refractivity (Wildman–Crippen MR) is 71.3 cm³/mol. The fraction of sp³-hybridized carbons (Fsp3) is 0.500. The van der Waals surface area contributed by atoms with Crippen LogP contribution in [0, 0.1) is 5.92 Å². The molecular formula is C12H17ClN4O. The van der Waals surface area contributed by atoms with Crippen molar-refractivity contribution in [2.45, 2.75) is 32.2 Å². The number of nitrogens with one attached hydrogen (secondary N) is 2. The number of hydrogen-bond donors (Lipinski definition) is 3. The van der Waals surface area contributed by atoms with Crippen molar-refractivity contribution >= 4 is 23.3 Å². The maximum atomic E-state index is 12.1. The predicted octanol–water partition coefficient (Wildman–Crippen LogP) is 1.94. The molecule has 18 heavy (non-hydrogen) atoms. The van der Waals surface area contributed by atoms with Crippen LogP contribution in [-0.2, 0) is 0 Å². The van der Waals surface area contributed by atoms with Gasteiger partial charge in [0.05, 0.1) is 5.02 Å². The first-order chi connectivity index (χ1) is 8.61. The molecule has 98 valence electrons. The largest absolute Gasteiger partial charge is 0.348 e. The highest BCUT2D eigenvalue weighted by Gasteiger charge is 2.26. The molecule has 1 aromatic rings. The molecule has 1 aliphatic rings. The number of aromatic nitrogens is 1. The van der Waals surface area contributed by atoms with Crippen LogP contribution in [0.25, 0.3) is 0 Å². The van der Waals surface area contributed by atoms with Crippen molar-refractivity contribution in [3.05, 3.63) is 22.8 Å². The zero-order chi connectivity index (χ0) is 13.1. The zero-order valence-electron chi connectivity index (χ0n) is 10.2. The van der Waals surface area contributed by atoms with Gasteiger partial charge in [0, 0.05) is 6.04 Å². The van der Waals surface area contributed by atoms with Gasteiger partial charge < -0.3 is 10.7 Å². The molecule has 1 heterocycles. The molecule has 1 aromatic heterocycles. The second-order valence-corrected chi connectivity index (χ2v) is 5.03. The van der Waals surface area contributed by atoms with Gasteiger partial charge in [0.15, 0.2) is 0 Å². The first-order valence-corrected chi connectivity index (χ1v) is 6.43. The maximum Gasteiger partial charge on any atom is 0.271 e. The number of carbonyl (C=O) groups is 1. The third-order valence-electron chi connectivity index (χ3n) is 3.42. The van der Waals surface area contributed by atoms with Gasteiger partial charge in [-0.3, -0.25) is 4.79 Å². The minimum absolute atomic E-state index is 0.151. The van der Waals surface area contributed by atoms with Gasteiger partial charge in [-0.25, -0.2) is 10.8 Å². The molecular weight excluding hydrogens is 252 g/mol. The van der Waals surface area contributed by atoms with E-state index in [2.05, 4.69) is 15.7 Å². The lowest BCUT2D eigenvalue weighted by atomic mass is 9.80. The van der Waals surface area contributed by atoms with Gasteiger partial charge in [0.2, 0.25) is 0 Å². The van der Waals surface area contributed by atoms with Crippen molar-refractivity contribution < 1.29 is 4.79 Å². The highest BCUT2D eigenvalue weighted by Crippen LogP contribution is 2.29. The minimum Gasteiger partial charge on any atom is -0.348 e. The number of pyridine rings is 1. The average Bonchev–Trinajstić information content (AvgIpc) is 2.27. The molecule has 5 nitrogen and oxygen atoms in total. The number of rotatable bonds is 4. The molecule has 0 spiro atoms. The Morgan fingerprint density at radius 2 is 2.28 bits per heavy atom. The van der Waals surface area contributed by atoms with E-state index in [1.54, 1.807) is 12.1 Å². The molecule has 1 amide bonds. The summed E-state index contributed by atoms with van der Waals surface area (Å²) in [5.74, 6) is 6.00. The van der Waals surface area contributed by atoms with Crippen LogP contribution in [0.4, 0.5) is 5.82 Å². The Morgan fingerprint density at radius 1 is 1.56 bits per heavy atom. The summed E-state index contributed by atoms with van der Waals surface area (Å²) in [5.41, 5.74) is 2.60. The van der Waals surface area contributed by atoms with E-state index in [0.29, 0.717) is 16.8 Å². The molecule has 6 heteroatoms. The number of carbonyl (C=O) groups excluding carboxylic acids is 1. The quantitative estimate of drug-likeness (QED) is 0.576. The summed E-state index contributed by atoms with van der Waals surface area (Å²) in [6.45, 7) is 2.01. The Hall–Kier alpha value is -1.33. The Balaban J connectivity index is 2.07. The normalized spacial score (nSPS) is 16.8. The SMILES string of the molecule is CC(NC(=O)c1nc(NN)ccc1Cl)C1CCC1. The Labute approximate surface area is 111 Å². The van der Waals surface area contributed by atoms with Gasteiger partial charge in [-0.15, -0.1) is 0 Å². The number of hydrazine groups is 1. The number of halogens is 1. The summed E-state index contributed by atoms with van der Waals surface area (Å²) in [5, 5.41) is 3.26. The molecule has 1 fully saturated rings. The van der Waals surface area contributed by atoms with E-state index in [0.717, 1.165) is 0 Å². The molecule has 2 rings (SSSR count). The number of nitrogens with zero attached hydrogens (tertiary/aromatic N) is 1. The fourth-order valence-electron chi connectivity index (χ4n) is 2.01. The topological polar surface area (TPSA) is 80.0 Å². The number of nitrogen functional groups attached to an aromatic ring is 1. The van der Waals surface area contributed by atoms with E-state index in [1.807, 2.05) is 6.92 Å². The van der Waals surface area contributed by atoms with Crippen LogP contribution in [0.2, 0.25) is 5.02 Å². The van der Waals surface area contributed by atoms with Gasteiger partial charge >= 0.3 is 0 Å². The van der Waals surface area contributed by atoms with E-state index in [-0.39, 0.29) is 17.6 Å². The molecule has 1 aliphatic carbocycles. The summed E-state index contributed by atoms with van der Waals surface area (Å²) in [6.07, 6.45) is 3.59. The van der Waals surface area contributed by atoms with Crippen molar-refractivity contribution in [3.63, 3.8) is 0 Å². The maximum absolute atomic E-state index is 12.1. The summed E-state index contributed by atoms with van der Waals surface area (Å²) in [6, 6.07) is 3.37. The van der Waals surface area contributed by atoms with E-state index in [4.69, 9.17) is 17.4 Å². The van der Waals surface area contributed by atoms with E-state index < -0.39 is 0 Å². The van der Waals surface area contributed by atoms with Crippen LogP contribution in [-0.4, -0.2) is 16.9 Å². The standard InChI is InChI=1S/C12H17ClN4O/c1-7(8-3-2-4-8)15-12(18)11-9(13)5-6-10(16-11)17-14/h5-8H,2-4,14H2,1H3,(H,15,18)(H,16,17). The molecule has 1 unspecified atom stereocenters. The molecule has 0 bridgehead atoms. The first-order valence-electron chi connectivity index (χ1n) is 6.06. The Morgan fingerprint density at radius 3 is 2.83 bits per heavy atom. The number of hydrogen-bond acceptors (Lipinski definition) is 4. The highest BCUT2D eigenvalue weighted by atomic mass is 35.5. The lowest BCUT2D eigenvalue weighted by molar-refractivity contribution is 0.0904. The minimum atomic E-state index is -0.253. The average molecular weight is 269 g/mol. The lowest BCUT2D eigenvalue weighted by Crippen LogP contribution is -2.41. The monoisotopic (exact) mass is 268 g/mol. The number of nitrogens with two attached hydrogens (primary N) is 1. The van der Waals surface area contributed by atoms with Crippen LogP contribution < -0.4 is 16.6 Å². The molecule has 0 aliphatic heterocycles. The Kier molecular flexibility index (Phi) is 4.04. The van der Waals surface area contributed by atoms with Gasteiger partial charge in [-0.2, -0.15) is 0 Å². The summed E-state index contributed by atoms with van der Waals surface area (Å²) in [7, 11) is 0. The van der Waals surface area contributed by atoms with Crippen molar-refractivity contribution in [1.29, 1.82) is 0 Å². The van der Waals surface area contributed by atoms with Crippen LogP contribution >= 0.6 is 11.6 Å². The molecule has 4 N–H and O–H groups in total. The van der Waals surface area contributed by atoms with E-state index in [9.17, 15) is 4.79 Å². The number of anilines is 1. The van der Waals surface area contributed by atoms with Crippen molar-refractivity contribution in [2.24, 2.45) is 11.8 Å². The first kappa shape index (κ1) is 13.1. The van der Waals surface area contributed by atoms with Crippen LogP contribution in [0.15, 0.2) is 12.1 Å². The smallest absolute Gasteiger partial charge is 0.271 e. The summed E-state index contributed by atoms with van der Waals surface area (Å²) < 4.78 is 0. The van der Waals surface area contributed by atoms with Gasteiger partial charge in [0.25, 0.3) is 5.91 Å². The summed E-state index contributed by atoms with van der Waals surface area (Å²) >= 11 is 5.97. The van der Waals surface area contributed by atoms with Crippen LogP contribution in [0.5, 0.6) is 0 Å². The molecule has 0 radical (unpaired) electrons. The molecule has 0 aromatic carbocycles. The van der Waals surface area contributed by atoms with Gasteiger partial charge in [-0.05, 0) is 37.8 Å². The van der Waals surface area contributed by atoms with Crippen molar-refractivity contribution in [2.75, 3.05) is 5.43 Å². The molecule has 0 saturated heterocycles. The second-order valence-electron chi connectivity index (χ2n) is 4.62. The highest BCUT2D eigenvalue weighted by molar-refractivity contribution is 6.33.